The van der Waals surface area contributed by atoms with Crippen LogP contribution in [0.2, 0.25) is 10.0 Å². The molecule has 0 fully saturated rings. The van der Waals surface area contributed by atoms with Gasteiger partial charge in [-0.25, -0.2) is 0 Å². The molecule has 3 aromatic carbocycles. The monoisotopic (exact) mass is 497 g/mol. The van der Waals surface area contributed by atoms with Crippen molar-refractivity contribution in [2.45, 2.75) is 6.61 Å². The summed E-state index contributed by atoms with van der Waals surface area (Å²) in [6.07, 6.45) is 1.29. The number of nitrogens with zero attached hydrogens (tertiary/aromatic N) is 2. The zero-order valence-corrected chi connectivity index (χ0v) is 19.3. The van der Waals surface area contributed by atoms with Crippen LogP contribution in [-0.2, 0) is 11.4 Å². The maximum atomic E-state index is 12.6. The van der Waals surface area contributed by atoms with Crippen molar-refractivity contribution in [1.29, 1.82) is 5.26 Å². The average molecular weight is 498 g/mol. The zero-order valence-electron chi connectivity index (χ0n) is 17.7. The minimum absolute atomic E-state index is 0.0276. The first-order chi connectivity index (χ1) is 16.3. The van der Waals surface area contributed by atoms with E-state index in [1.165, 1.54) is 43.5 Å². The Labute approximate surface area is 205 Å². The van der Waals surface area contributed by atoms with Gasteiger partial charge in [0.1, 0.15) is 23.9 Å². The highest BCUT2D eigenvalue weighted by molar-refractivity contribution is 6.32. The van der Waals surface area contributed by atoms with Crippen LogP contribution in [0.3, 0.4) is 0 Å². The van der Waals surface area contributed by atoms with E-state index >= 15 is 0 Å². The van der Waals surface area contributed by atoms with Crippen molar-refractivity contribution in [3.05, 3.63) is 97.5 Å². The van der Waals surface area contributed by atoms with Gasteiger partial charge in [0.2, 0.25) is 0 Å². The number of anilines is 1. The molecular formula is C24H17Cl2N3O5. The first kappa shape index (κ1) is 24.6. The molecule has 3 aromatic rings. The van der Waals surface area contributed by atoms with E-state index in [1.54, 1.807) is 24.3 Å². The highest BCUT2D eigenvalue weighted by Gasteiger charge is 2.18. The standard InChI is InChI=1S/C24H17Cl2N3O5/c1-33-22-12-16(11-19(26)23(22)34-14-15-6-8-18(25)9-7-15)10-17(13-27)24(30)28-20-4-2-3-5-21(20)29(31)32/h2-12H,14H2,1H3,(H,28,30). The van der Waals surface area contributed by atoms with Gasteiger partial charge in [0, 0.05) is 11.1 Å². The number of hydrogen-bond donors (Lipinski definition) is 1. The SMILES string of the molecule is COc1cc(C=C(C#N)C(=O)Nc2ccccc2[N+](=O)[O-])cc(Cl)c1OCc1ccc(Cl)cc1. The number of methoxy groups -OCH3 is 1. The van der Waals surface area contributed by atoms with Crippen LogP contribution in [0.15, 0.2) is 66.2 Å². The zero-order chi connectivity index (χ0) is 24.7. The van der Waals surface area contributed by atoms with Crippen LogP contribution >= 0.6 is 23.2 Å². The lowest BCUT2D eigenvalue weighted by Gasteiger charge is -2.14. The molecule has 0 spiro atoms. The van der Waals surface area contributed by atoms with Gasteiger partial charge in [0.15, 0.2) is 11.5 Å². The maximum Gasteiger partial charge on any atom is 0.292 e. The summed E-state index contributed by atoms with van der Waals surface area (Å²) in [6.45, 7) is 0.212. The molecule has 0 aromatic heterocycles. The molecule has 34 heavy (non-hydrogen) atoms. The van der Waals surface area contributed by atoms with E-state index in [0.717, 1.165) is 5.56 Å². The lowest BCUT2D eigenvalue weighted by molar-refractivity contribution is -0.383. The predicted molar refractivity (Wildman–Crippen MR) is 129 cm³/mol. The van der Waals surface area contributed by atoms with Crippen LogP contribution in [0.4, 0.5) is 11.4 Å². The number of rotatable bonds is 8. The number of nitro groups is 1. The van der Waals surface area contributed by atoms with E-state index < -0.39 is 10.8 Å². The Kier molecular flexibility index (Phi) is 8.09. The van der Waals surface area contributed by atoms with Gasteiger partial charge in [-0.1, -0.05) is 47.5 Å². The second-order valence-corrected chi connectivity index (χ2v) is 7.69. The number of amides is 1. The topological polar surface area (TPSA) is 114 Å². The molecule has 1 N–H and O–H groups in total. The summed E-state index contributed by atoms with van der Waals surface area (Å²) in [4.78, 5) is 23.1. The number of halogens is 2. The molecule has 0 unspecified atom stereocenters. The molecule has 0 aliphatic carbocycles. The molecular weight excluding hydrogens is 481 g/mol. The molecule has 0 saturated heterocycles. The summed E-state index contributed by atoms with van der Waals surface area (Å²) < 4.78 is 11.2. The number of nitrogens with one attached hydrogen (secondary N) is 1. The lowest BCUT2D eigenvalue weighted by atomic mass is 10.1. The van der Waals surface area contributed by atoms with Crippen molar-refractivity contribution in [2.24, 2.45) is 0 Å². The van der Waals surface area contributed by atoms with Gasteiger partial charge < -0.3 is 14.8 Å². The van der Waals surface area contributed by atoms with Crippen LogP contribution in [0.25, 0.3) is 6.08 Å². The Morgan fingerprint density at radius 2 is 1.88 bits per heavy atom. The minimum Gasteiger partial charge on any atom is -0.493 e. The minimum atomic E-state index is -0.810. The highest BCUT2D eigenvalue weighted by Crippen LogP contribution is 2.37. The molecule has 10 heteroatoms. The predicted octanol–water partition coefficient (Wildman–Crippen LogP) is 6.03. The summed E-state index contributed by atoms with van der Waals surface area (Å²) in [5.74, 6) is -0.224. The number of para-hydroxylation sites is 2. The van der Waals surface area contributed by atoms with E-state index in [1.807, 2.05) is 12.1 Å². The van der Waals surface area contributed by atoms with E-state index in [-0.39, 0.29) is 28.6 Å². The molecule has 0 aliphatic heterocycles. The van der Waals surface area contributed by atoms with Crippen molar-refractivity contribution < 1.29 is 19.2 Å². The van der Waals surface area contributed by atoms with Gasteiger partial charge in [-0.3, -0.25) is 14.9 Å². The van der Waals surface area contributed by atoms with Crippen molar-refractivity contribution in [2.75, 3.05) is 12.4 Å². The van der Waals surface area contributed by atoms with Crippen molar-refractivity contribution in [3.63, 3.8) is 0 Å². The molecule has 0 bridgehead atoms. The number of nitriles is 1. The van der Waals surface area contributed by atoms with E-state index in [9.17, 15) is 20.2 Å². The number of benzene rings is 3. The largest absolute Gasteiger partial charge is 0.493 e. The number of nitro benzene ring substituents is 1. The summed E-state index contributed by atoms with van der Waals surface area (Å²) >= 11 is 12.3. The molecule has 8 nitrogen and oxygen atoms in total. The Balaban J connectivity index is 1.84. The third-order valence-electron chi connectivity index (χ3n) is 4.57. The Bertz CT molecular complexity index is 1300. The summed E-state index contributed by atoms with van der Waals surface area (Å²) in [5.41, 5.74) is 0.659. The van der Waals surface area contributed by atoms with Gasteiger partial charge >= 0.3 is 0 Å². The van der Waals surface area contributed by atoms with E-state index in [0.29, 0.717) is 22.1 Å². The van der Waals surface area contributed by atoms with Gasteiger partial charge in [-0.05, 0) is 47.5 Å². The molecule has 0 aliphatic rings. The van der Waals surface area contributed by atoms with Crippen molar-refractivity contribution in [1.82, 2.24) is 0 Å². The second-order valence-electron chi connectivity index (χ2n) is 6.85. The highest BCUT2D eigenvalue weighted by atomic mass is 35.5. The number of carbonyl (C=O) groups excluding carboxylic acids is 1. The van der Waals surface area contributed by atoms with E-state index in [4.69, 9.17) is 32.7 Å². The third-order valence-corrected chi connectivity index (χ3v) is 5.11. The fraction of sp³-hybridized carbons (Fsp3) is 0.0833. The average Bonchev–Trinajstić information content (AvgIpc) is 2.82. The molecule has 172 valence electrons. The summed E-state index contributed by atoms with van der Waals surface area (Å²) in [5, 5.41) is 23.8. The van der Waals surface area contributed by atoms with E-state index in [2.05, 4.69) is 5.32 Å². The van der Waals surface area contributed by atoms with Gasteiger partial charge in [-0.15, -0.1) is 0 Å². The lowest BCUT2D eigenvalue weighted by Crippen LogP contribution is -2.14. The van der Waals surface area contributed by atoms with Gasteiger partial charge in [0.25, 0.3) is 11.6 Å². The Morgan fingerprint density at radius 1 is 1.18 bits per heavy atom. The number of ether oxygens (including phenoxy) is 2. The normalized spacial score (nSPS) is 10.8. The molecule has 1 amide bonds. The molecule has 0 atom stereocenters. The molecule has 0 radical (unpaired) electrons. The third kappa shape index (κ3) is 6.04. The smallest absolute Gasteiger partial charge is 0.292 e. The summed E-state index contributed by atoms with van der Waals surface area (Å²) in [6, 6.07) is 17.6. The second kappa shape index (κ2) is 11.2. The molecule has 0 heterocycles. The maximum absolute atomic E-state index is 12.6. The van der Waals surface area contributed by atoms with Crippen LogP contribution in [0.1, 0.15) is 11.1 Å². The quantitative estimate of drug-likeness (QED) is 0.175. The van der Waals surface area contributed by atoms with Gasteiger partial charge in [0.05, 0.1) is 17.1 Å². The van der Waals surface area contributed by atoms with Crippen molar-refractivity contribution >= 4 is 46.6 Å². The van der Waals surface area contributed by atoms with Crippen LogP contribution in [0, 0.1) is 21.4 Å². The summed E-state index contributed by atoms with van der Waals surface area (Å²) in [7, 11) is 1.43. The fourth-order valence-electron chi connectivity index (χ4n) is 2.94. The van der Waals surface area contributed by atoms with Crippen molar-refractivity contribution in [3.8, 4) is 17.6 Å². The first-order valence-corrected chi connectivity index (χ1v) is 10.5. The molecule has 3 rings (SSSR count). The Morgan fingerprint density at radius 3 is 2.53 bits per heavy atom. The number of carbonyl (C=O) groups is 1. The Hall–Kier alpha value is -4.06. The van der Waals surface area contributed by atoms with Crippen LogP contribution < -0.4 is 14.8 Å². The van der Waals surface area contributed by atoms with Crippen LogP contribution in [-0.4, -0.2) is 17.9 Å². The first-order valence-electron chi connectivity index (χ1n) is 9.73. The fourth-order valence-corrected chi connectivity index (χ4v) is 3.34. The molecule has 0 saturated carbocycles. The number of hydrogen-bond acceptors (Lipinski definition) is 6. The van der Waals surface area contributed by atoms with Crippen LogP contribution in [0.5, 0.6) is 11.5 Å². The van der Waals surface area contributed by atoms with Gasteiger partial charge in [-0.2, -0.15) is 5.26 Å².